The van der Waals surface area contributed by atoms with Crippen LogP contribution in [0.5, 0.6) is 11.5 Å². The molecule has 0 unspecified atom stereocenters. The Kier molecular flexibility index (Phi) is 6.21. The highest BCUT2D eigenvalue weighted by Gasteiger charge is 2.43. The van der Waals surface area contributed by atoms with Crippen molar-refractivity contribution in [2.24, 2.45) is 0 Å². The van der Waals surface area contributed by atoms with Gasteiger partial charge in [-0.2, -0.15) is 0 Å². The van der Waals surface area contributed by atoms with Crippen LogP contribution >= 0.6 is 12.2 Å². The topological polar surface area (TPSA) is 64.7 Å². The Hall–Kier alpha value is -3.78. The molecular formula is C27H28N4O3S. The monoisotopic (exact) mass is 488 g/mol. The first-order valence-electron chi connectivity index (χ1n) is 11.4. The summed E-state index contributed by atoms with van der Waals surface area (Å²) in [7, 11) is 3.32. The quantitative estimate of drug-likeness (QED) is 0.353. The molecule has 7 nitrogen and oxygen atoms in total. The van der Waals surface area contributed by atoms with Crippen molar-refractivity contribution in [3.05, 3.63) is 95.5 Å². The first kappa shape index (κ1) is 23.0. The van der Waals surface area contributed by atoms with Crippen molar-refractivity contribution in [3.8, 4) is 11.5 Å². The third kappa shape index (κ3) is 4.14. The maximum atomic E-state index is 5.91. The van der Waals surface area contributed by atoms with Gasteiger partial charge in [0.05, 0.1) is 50.5 Å². The summed E-state index contributed by atoms with van der Waals surface area (Å²) in [6.07, 6.45) is 3.52. The van der Waals surface area contributed by atoms with Crippen LogP contribution in [0.25, 0.3) is 0 Å². The lowest BCUT2D eigenvalue weighted by atomic mass is 9.96. The highest BCUT2D eigenvalue weighted by molar-refractivity contribution is 7.80. The van der Waals surface area contributed by atoms with Gasteiger partial charge in [0.2, 0.25) is 0 Å². The molecule has 1 fully saturated rings. The van der Waals surface area contributed by atoms with Gasteiger partial charge in [-0.15, -0.1) is 0 Å². The lowest BCUT2D eigenvalue weighted by Crippen LogP contribution is -2.30. The molecule has 0 saturated carbocycles. The first-order chi connectivity index (χ1) is 17.0. The third-order valence-corrected chi connectivity index (χ3v) is 6.88. The SMILES string of the molecule is COc1ccc(OC)c(N2C(=S)N[C@H](c3ccccn3)[C@H]2c2cc(C)n(Cc3ccco3)c2C)c1. The molecule has 1 aliphatic rings. The third-order valence-electron chi connectivity index (χ3n) is 6.57. The minimum Gasteiger partial charge on any atom is -0.497 e. The number of pyridine rings is 1. The summed E-state index contributed by atoms with van der Waals surface area (Å²) in [6, 6.07) is 17.5. The summed E-state index contributed by atoms with van der Waals surface area (Å²) in [4.78, 5) is 6.79. The van der Waals surface area contributed by atoms with Gasteiger partial charge in [-0.25, -0.2) is 0 Å². The van der Waals surface area contributed by atoms with Gasteiger partial charge in [0, 0.05) is 23.7 Å². The van der Waals surface area contributed by atoms with Crippen LogP contribution in [0.1, 0.15) is 40.5 Å². The molecule has 4 aromatic rings. The molecule has 5 rings (SSSR count). The average Bonchev–Trinajstić information content (AvgIpc) is 3.59. The summed E-state index contributed by atoms with van der Waals surface area (Å²) < 4.78 is 19.2. The number of benzene rings is 1. The molecule has 1 aromatic carbocycles. The van der Waals surface area contributed by atoms with E-state index in [1.54, 1.807) is 20.5 Å². The molecule has 3 aromatic heterocycles. The molecule has 0 aliphatic carbocycles. The first-order valence-corrected chi connectivity index (χ1v) is 11.8. The Morgan fingerprint density at radius 1 is 1.06 bits per heavy atom. The lowest BCUT2D eigenvalue weighted by molar-refractivity contribution is 0.403. The van der Waals surface area contributed by atoms with Gasteiger partial charge < -0.3 is 28.7 Å². The van der Waals surface area contributed by atoms with Crippen molar-refractivity contribution in [2.45, 2.75) is 32.5 Å². The lowest BCUT2D eigenvalue weighted by Gasteiger charge is -2.29. The van der Waals surface area contributed by atoms with E-state index in [0.717, 1.165) is 39.8 Å². The number of methoxy groups -OCH3 is 2. The number of furan rings is 1. The smallest absolute Gasteiger partial charge is 0.174 e. The number of anilines is 1. The van der Waals surface area contributed by atoms with E-state index in [2.05, 4.69) is 39.7 Å². The van der Waals surface area contributed by atoms with Crippen LogP contribution in [0.2, 0.25) is 0 Å². The summed E-state index contributed by atoms with van der Waals surface area (Å²) in [5, 5.41) is 4.13. The number of aryl methyl sites for hydroxylation is 1. The van der Waals surface area contributed by atoms with Gasteiger partial charge in [-0.1, -0.05) is 6.07 Å². The number of rotatable bonds is 7. The predicted molar refractivity (Wildman–Crippen MR) is 139 cm³/mol. The van der Waals surface area contributed by atoms with Crippen LogP contribution in [-0.2, 0) is 6.54 Å². The number of nitrogens with one attached hydrogen (secondary N) is 1. The molecule has 8 heteroatoms. The normalized spacial score (nSPS) is 17.5. The van der Waals surface area contributed by atoms with E-state index in [0.29, 0.717) is 17.4 Å². The second-order valence-corrected chi connectivity index (χ2v) is 8.91. The molecule has 0 bridgehead atoms. The van der Waals surface area contributed by atoms with Gasteiger partial charge in [0.25, 0.3) is 0 Å². The molecule has 35 heavy (non-hydrogen) atoms. The Morgan fingerprint density at radius 3 is 2.60 bits per heavy atom. The highest BCUT2D eigenvalue weighted by atomic mass is 32.1. The van der Waals surface area contributed by atoms with Crippen molar-refractivity contribution in [2.75, 3.05) is 19.1 Å². The van der Waals surface area contributed by atoms with E-state index < -0.39 is 0 Å². The summed E-state index contributed by atoms with van der Waals surface area (Å²) >= 11 is 5.91. The van der Waals surface area contributed by atoms with Gasteiger partial charge in [-0.05, 0) is 74.1 Å². The molecule has 1 N–H and O–H groups in total. The fourth-order valence-corrected chi connectivity index (χ4v) is 5.18. The molecule has 4 heterocycles. The van der Waals surface area contributed by atoms with Crippen molar-refractivity contribution in [1.29, 1.82) is 0 Å². The zero-order valence-electron chi connectivity index (χ0n) is 20.2. The Labute approximate surface area is 210 Å². The zero-order chi connectivity index (χ0) is 24.5. The Morgan fingerprint density at radius 2 is 1.91 bits per heavy atom. The van der Waals surface area contributed by atoms with Crippen LogP contribution in [0.3, 0.4) is 0 Å². The maximum Gasteiger partial charge on any atom is 0.174 e. The van der Waals surface area contributed by atoms with Crippen molar-refractivity contribution in [1.82, 2.24) is 14.9 Å². The molecule has 180 valence electrons. The molecule has 0 spiro atoms. The summed E-state index contributed by atoms with van der Waals surface area (Å²) in [6.45, 7) is 4.92. The molecule has 1 aliphatic heterocycles. The van der Waals surface area contributed by atoms with Gasteiger partial charge >= 0.3 is 0 Å². The number of ether oxygens (including phenoxy) is 2. The van der Waals surface area contributed by atoms with E-state index in [4.69, 9.17) is 26.1 Å². The van der Waals surface area contributed by atoms with Crippen LogP contribution in [0.4, 0.5) is 5.69 Å². The molecular weight excluding hydrogens is 460 g/mol. The standard InChI is InChI=1S/C27H28N4O3S/c1-17-14-21(18(2)30(17)16-20-8-7-13-34-20)26-25(22-9-5-6-12-28-22)29-27(35)31(26)23-15-19(32-3)10-11-24(23)33-4/h5-15,25-26H,16H2,1-4H3,(H,29,35)/t25-,26-/m1/s1. The number of thiocarbonyl (C=S) groups is 1. The van der Waals surface area contributed by atoms with Crippen LogP contribution in [-0.4, -0.2) is 28.9 Å². The van der Waals surface area contributed by atoms with E-state index in [-0.39, 0.29) is 12.1 Å². The maximum absolute atomic E-state index is 5.91. The number of aromatic nitrogens is 2. The second kappa shape index (κ2) is 9.46. The van der Waals surface area contributed by atoms with E-state index >= 15 is 0 Å². The van der Waals surface area contributed by atoms with Gasteiger partial charge in [-0.3, -0.25) is 4.98 Å². The number of nitrogens with zero attached hydrogens (tertiary/aromatic N) is 3. The van der Waals surface area contributed by atoms with Crippen LogP contribution < -0.4 is 19.7 Å². The minimum atomic E-state index is -0.157. The summed E-state index contributed by atoms with van der Waals surface area (Å²) in [5.41, 5.74) is 5.19. The fraction of sp³-hybridized carbons (Fsp3) is 0.259. The Bertz CT molecular complexity index is 1330. The van der Waals surface area contributed by atoms with E-state index in [1.807, 2.05) is 54.7 Å². The molecule has 0 amide bonds. The largest absolute Gasteiger partial charge is 0.497 e. The van der Waals surface area contributed by atoms with Crippen LogP contribution in [0, 0.1) is 13.8 Å². The number of hydrogen-bond acceptors (Lipinski definition) is 5. The molecule has 1 saturated heterocycles. The predicted octanol–water partition coefficient (Wildman–Crippen LogP) is 5.34. The molecule has 2 atom stereocenters. The van der Waals surface area contributed by atoms with Gasteiger partial charge in [0.1, 0.15) is 17.3 Å². The average molecular weight is 489 g/mol. The van der Waals surface area contributed by atoms with Crippen molar-refractivity contribution < 1.29 is 13.9 Å². The highest BCUT2D eigenvalue weighted by Crippen LogP contribution is 2.46. The second-order valence-electron chi connectivity index (χ2n) is 8.53. The van der Waals surface area contributed by atoms with E-state index in [1.165, 1.54) is 0 Å². The van der Waals surface area contributed by atoms with Gasteiger partial charge in [0.15, 0.2) is 5.11 Å². The van der Waals surface area contributed by atoms with E-state index in [9.17, 15) is 0 Å². The van der Waals surface area contributed by atoms with Crippen LogP contribution in [0.15, 0.2) is 71.5 Å². The zero-order valence-corrected chi connectivity index (χ0v) is 21.0. The Balaban J connectivity index is 1.67. The van der Waals surface area contributed by atoms with Crippen molar-refractivity contribution >= 4 is 23.0 Å². The minimum absolute atomic E-state index is 0.155. The summed E-state index contributed by atoms with van der Waals surface area (Å²) in [5.74, 6) is 2.35. The molecule has 0 radical (unpaired) electrons. The van der Waals surface area contributed by atoms with Crippen molar-refractivity contribution in [3.63, 3.8) is 0 Å². The number of hydrogen-bond donors (Lipinski definition) is 1. The fourth-order valence-electron chi connectivity index (χ4n) is 4.84.